The fourth-order valence-electron chi connectivity index (χ4n) is 2.29. The van der Waals surface area contributed by atoms with Crippen molar-refractivity contribution in [1.82, 2.24) is 15.1 Å². The van der Waals surface area contributed by atoms with Crippen LogP contribution in [0, 0.1) is 11.6 Å². The van der Waals surface area contributed by atoms with E-state index < -0.39 is 11.6 Å². The Bertz CT molecular complexity index is 666. The first-order valence-corrected chi connectivity index (χ1v) is 6.42. The minimum atomic E-state index is -0.881. The highest BCUT2D eigenvalue weighted by Gasteiger charge is 2.19. The predicted octanol–water partition coefficient (Wildman–Crippen LogP) is 1.89. The number of nitrogens with one attached hydrogen (secondary N) is 1. The summed E-state index contributed by atoms with van der Waals surface area (Å²) in [6.45, 7) is 0.954. The van der Waals surface area contributed by atoms with Crippen LogP contribution in [-0.2, 0) is 13.0 Å². The largest absolute Gasteiger partial charge is 0.352 e. The van der Waals surface area contributed by atoms with Crippen molar-refractivity contribution in [1.29, 1.82) is 0 Å². The maximum atomic E-state index is 13.2. The Labute approximate surface area is 114 Å². The molecule has 2 heterocycles. The lowest BCUT2D eigenvalue weighted by Crippen LogP contribution is -2.22. The van der Waals surface area contributed by atoms with E-state index in [1.165, 1.54) is 6.07 Å². The van der Waals surface area contributed by atoms with Gasteiger partial charge in [0, 0.05) is 12.7 Å². The summed E-state index contributed by atoms with van der Waals surface area (Å²) >= 11 is 0. The molecule has 1 aliphatic rings. The number of carbonyl (C=O) groups is 1. The quantitative estimate of drug-likeness (QED) is 0.911. The van der Waals surface area contributed by atoms with Crippen molar-refractivity contribution in [2.45, 2.75) is 19.4 Å². The van der Waals surface area contributed by atoms with Gasteiger partial charge in [-0.25, -0.2) is 8.78 Å². The third kappa shape index (κ3) is 2.41. The molecule has 0 aliphatic carbocycles. The molecule has 0 saturated carbocycles. The third-order valence-electron chi connectivity index (χ3n) is 3.29. The second kappa shape index (κ2) is 5.03. The van der Waals surface area contributed by atoms with Crippen LogP contribution in [0.15, 0.2) is 24.4 Å². The Hall–Kier alpha value is -2.24. The van der Waals surface area contributed by atoms with E-state index in [4.69, 9.17) is 0 Å². The van der Waals surface area contributed by atoms with Gasteiger partial charge in [0.1, 0.15) is 0 Å². The molecule has 6 heteroatoms. The topological polar surface area (TPSA) is 46.9 Å². The van der Waals surface area contributed by atoms with Gasteiger partial charge in [0.15, 0.2) is 11.6 Å². The molecule has 1 aliphatic heterocycles. The van der Waals surface area contributed by atoms with Crippen LogP contribution in [0.4, 0.5) is 8.78 Å². The smallest absolute Gasteiger partial charge is 0.254 e. The zero-order valence-corrected chi connectivity index (χ0v) is 10.7. The van der Waals surface area contributed by atoms with Crippen molar-refractivity contribution >= 4 is 5.91 Å². The molecule has 1 amide bonds. The van der Waals surface area contributed by atoms with Gasteiger partial charge in [-0.05, 0) is 30.5 Å². The van der Waals surface area contributed by atoms with Crippen molar-refractivity contribution < 1.29 is 13.6 Å². The molecule has 0 saturated heterocycles. The van der Waals surface area contributed by atoms with Crippen LogP contribution >= 0.6 is 0 Å². The third-order valence-corrected chi connectivity index (χ3v) is 3.29. The van der Waals surface area contributed by atoms with Gasteiger partial charge in [-0.15, -0.1) is 0 Å². The van der Waals surface area contributed by atoms with Crippen LogP contribution in [0.25, 0.3) is 0 Å². The zero-order valence-electron chi connectivity index (χ0n) is 10.7. The number of aryl methyl sites for hydroxylation is 1. The molecule has 0 radical (unpaired) electrons. The number of benzene rings is 1. The standard InChI is InChI=1S/C14H13F2N3O/c15-11-4-3-9(6-12(11)16)7-19-8-10-13(18-19)2-1-5-17-14(10)20/h3-4,6,8H,1-2,5,7H2,(H,17,20). The highest BCUT2D eigenvalue weighted by molar-refractivity contribution is 5.95. The summed E-state index contributed by atoms with van der Waals surface area (Å²) in [4.78, 5) is 11.8. The number of hydrogen-bond donors (Lipinski definition) is 1. The number of carbonyl (C=O) groups excluding carboxylic acids is 1. The van der Waals surface area contributed by atoms with Crippen molar-refractivity contribution in [3.05, 3.63) is 52.9 Å². The maximum Gasteiger partial charge on any atom is 0.254 e. The molecule has 1 aromatic carbocycles. The van der Waals surface area contributed by atoms with Gasteiger partial charge in [0.25, 0.3) is 5.91 Å². The Kier molecular flexibility index (Phi) is 3.22. The molecule has 1 N–H and O–H groups in total. The average molecular weight is 277 g/mol. The molecule has 2 aromatic rings. The minimum absolute atomic E-state index is 0.131. The van der Waals surface area contributed by atoms with E-state index >= 15 is 0 Å². The summed E-state index contributed by atoms with van der Waals surface area (Å²) in [5.74, 6) is -1.88. The lowest BCUT2D eigenvalue weighted by molar-refractivity contribution is 0.0956. The van der Waals surface area contributed by atoms with Gasteiger partial charge in [0.05, 0.1) is 17.8 Å². The van der Waals surface area contributed by atoms with Gasteiger partial charge in [-0.3, -0.25) is 9.48 Å². The number of hydrogen-bond acceptors (Lipinski definition) is 2. The number of fused-ring (bicyclic) bond motifs is 1. The predicted molar refractivity (Wildman–Crippen MR) is 68.3 cm³/mol. The summed E-state index contributed by atoms with van der Waals surface area (Å²) in [6, 6.07) is 3.74. The van der Waals surface area contributed by atoms with E-state index in [2.05, 4.69) is 10.4 Å². The van der Waals surface area contributed by atoms with Gasteiger partial charge in [-0.1, -0.05) is 6.07 Å². The van der Waals surface area contributed by atoms with Crippen LogP contribution in [0.3, 0.4) is 0 Å². The normalized spacial score (nSPS) is 14.6. The molecule has 3 rings (SSSR count). The van der Waals surface area contributed by atoms with Crippen molar-refractivity contribution in [3.63, 3.8) is 0 Å². The number of nitrogens with zero attached hydrogens (tertiary/aromatic N) is 2. The first-order valence-electron chi connectivity index (χ1n) is 6.42. The summed E-state index contributed by atoms with van der Waals surface area (Å²) in [6.07, 6.45) is 3.23. The van der Waals surface area contributed by atoms with E-state index in [0.29, 0.717) is 24.2 Å². The monoisotopic (exact) mass is 277 g/mol. The van der Waals surface area contributed by atoms with Crippen LogP contribution in [0.1, 0.15) is 28.0 Å². The first kappa shape index (κ1) is 12.8. The van der Waals surface area contributed by atoms with Crippen molar-refractivity contribution in [2.75, 3.05) is 6.54 Å². The van der Waals surface area contributed by atoms with Crippen molar-refractivity contribution in [3.8, 4) is 0 Å². The Morgan fingerprint density at radius 3 is 2.95 bits per heavy atom. The molecule has 0 unspecified atom stereocenters. The molecule has 0 bridgehead atoms. The molecular formula is C14H13F2N3O. The molecular weight excluding hydrogens is 264 g/mol. The minimum Gasteiger partial charge on any atom is -0.352 e. The summed E-state index contributed by atoms with van der Waals surface area (Å²) in [7, 11) is 0. The maximum absolute atomic E-state index is 13.2. The van der Waals surface area contributed by atoms with Gasteiger partial charge in [-0.2, -0.15) is 5.10 Å². The van der Waals surface area contributed by atoms with E-state index in [-0.39, 0.29) is 5.91 Å². The van der Waals surface area contributed by atoms with E-state index in [1.807, 2.05) is 0 Å². The molecule has 0 spiro atoms. The molecule has 4 nitrogen and oxygen atoms in total. The second-order valence-corrected chi connectivity index (χ2v) is 4.79. The zero-order chi connectivity index (χ0) is 14.1. The van der Waals surface area contributed by atoms with E-state index in [9.17, 15) is 13.6 Å². The van der Waals surface area contributed by atoms with Crippen LogP contribution in [0.5, 0.6) is 0 Å². The van der Waals surface area contributed by atoms with Crippen LogP contribution < -0.4 is 5.32 Å². The highest BCUT2D eigenvalue weighted by Crippen LogP contribution is 2.15. The lowest BCUT2D eigenvalue weighted by atomic mass is 10.2. The van der Waals surface area contributed by atoms with Gasteiger partial charge < -0.3 is 5.32 Å². The Balaban J connectivity index is 1.86. The number of rotatable bonds is 2. The van der Waals surface area contributed by atoms with Gasteiger partial charge >= 0.3 is 0 Å². The SMILES string of the molecule is O=C1NCCCc2nn(Cc3ccc(F)c(F)c3)cc21. The first-order chi connectivity index (χ1) is 9.63. The molecule has 0 fully saturated rings. The fraction of sp³-hybridized carbons (Fsp3) is 0.286. The molecule has 104 valence electrons. The van der Waals surface area contributed by atoms with Crippen LogP contribution in [-0.4, -0.2) is 22.2 Å². The number of aromatic nitrogens is 2. The molecule has 20 heavy (non-hydrogen) atoms. The summed E-state index contributed by atoms with van der Waals surface area (Å²) in [5, 5.41) is 7.14. The van der Waals surface area contributed by atoms with E-state index in [0.717, 1.165) is 30.7 Å². The van der Waals surface area contributed by atoms with E-state index in [1.54, 1.807) is 10.9 Å². The average Bonchev–Trinajstić information content (AvgIpc) is 2.74. The lowest BCUT2D eigenvalue weighted by Gasteiger charge is -2.03. The van der Waals surface area contributed by atoms with Gasteiger partial charge in [0.2, 0.25) is 0 Å². The van der Waals surface area contributed by atoms with Crippen LogP contribution in [0.2, 0.25) is 0 Å². The summed E-state index contributed by atoms with van der Waals surface area (Å²) in [5.41, 5.74) is 1.91. The Morgan fingerprint density at radius 2 is 2.15 bits per heavy atom. The molecule has 1 aromatic heterocycles. The fourth-order valence-corrected chi connectivity index (χ4v) is 2.29. The Morgan fingerprint density at radius 1 is 1.30 bits per heavy atom. The number of halogens is 2. The highest BCUT2D eigenvalue weighted by atomic mass is 19.2. The number of amides is 1. The van der Waals surface area contributed by atoms with Crippen molar-refractivity contribution in [2.24, 2.45) is 0 Å². The molecule has 0 atom stereocenters. The summed E-state index contributed by atoms with van der Waals surface area (Å²) < 4.78 is 27.6. The second-order valence-electron chi connectivity index (χ2n) is 4.79.